The molecule has 3 saturated heterocycles. The Morgan fingerprint density at radius 1 is 1.08 bits per heavy atom. The molecule has 0 aromatic heterocycles. The van der Waals surface area contributed by atoms with Gasteiger partial charge < -0.3 is 10.2 Å². The second-order valence-corrected chi connectivity index (χ2v) is 11.3. The van der Waals surface area contributed by atoms with Gasteiger partial charge in [-0.2, -0.15) is 0 Å². The lowest BCUT2D eigenvalue weighted by Crippen LogP contribution is -2.67. The fraction of sp³-hybridized carbons (Fsp3) is 0.455. The zero-order valence-electron chi connectivity index (χ0n) is 23.1. The summed E-state index contributed by atoms with van der Waals surface area (Å²) < 4.78 is 16.3. The Hall–Kier alpha value is -3.05. The van der Waals surface area contributed by atoms with Crippen molar-refractivity contribution in [1.29, 1.82) is 0 Å². The van der Waals surface area contributed by atoms with E-state index in [2.05, 4.69) is 67.0 Å². The summed E-state index contributed by atoms with van der Waals surface area (Å²) in [6.45, 7) is 13.0. The number of piperidine rings is 1. The zero-order valence-corrected chi connectivity index (χ0v) is 23.1. The van der Waals surface area contributed by atoms with E-state index in [1.165, 1.54) is 32.1 Å². The summed E-state index contributed by atoms with van der Waals surface area (Å²) in [6.07, 6.45) is 7.23. The van der Waals surface area contributed by atoms with E-state index in [0.29, 0.717) is 29.3 Å². The van der Waals surface area contributed by atoms with Crippen molar-refractivity contribution in [3.8, 4) is 11.1 Å². The second-order valence-electron chi connectivity index (χ2n) is 11.3. The molecule has 0 aliphatic carbocycles. The molecule has 0 saturated carbocycles. The van der Waals surface area contributed by atoms with Gasteiger partial charge in [-0.3, -0.25) is 9.98 Å². The number of nitrogens with one attached hydrogen (secondary N) is 1. The van der Waals surface area contributed by atoms with Gasteiger partial charge >= 0.3 is 0 Å². The van der Waals surface area contributed by atoms with Gasteiger partial charge in [-0.15, -0.1) is 0 Å². The number of hydrogen-bond acceptors (Lipinski definition) is 3. The van der Waals surface area contributed by atoms with Crippen LogP contribution in [0.4, 0.5) is 10.1 Å². The predicted octanol–water partition coefficient (Wildman–Crippen LogP) is 7.69. The molecule has 3 heterocycles. The minimum atomic E-state index is -0.325. The number of fused-ring (bicyclic) bond motifs is 3. The van der Waals surface area contributed by atoms with Gasteiger partial charge in [0.15, 0.2) is 5.82 Å². The fourth-order valence-corrected chi connectivity index (χ4v) is 6.15. The number of halogens is 1. The van der Waals surface area contributed by atoms with E-state index >= 15 is 4.39 Å². The number of aliphatic imine (C=N–C) groups is 2. The fourth-order valence-electron chi connectivity index (χ4n) is 6.15. The molecule has 2 bridgehead atoms. The summed E-state index contributed by atoms with van der Waals surface area (Å²) in [7, 11) is 0. The average molecular weight is 513 g/mol. The van der Waals surface area contributed by atoms with E-state index in [4.69, 9.17) is 4.99 Å². The van der Waals surface area contributed by atoms with Gasteiger partial charge in [0.1, 0.15) is 11.5 Å². The molecule has 200 valence electrons. The van der Waals surface area contributed by atoms with Crippen LogP contribution in [0.2, 0.25) is 0 Å². The lowest BCUT2D eigenvalue weighted by atomic mass is 9.90. The molecular formula is C33H41FN4. The highest BCUT2D eigenvalue weighted by molar-refractivity contribution is 6.05. The second kappa shape index (κ2) is 11.8. The van der Waals surface area contributed by atoms with Gasteiger partial charge in [0.05, 0.1) is 0 Å². The van der Waals surface area contributed by atoms with Crippen molar-refractivity contribution >= 4 is 29.0 Å². The summed E-state index contributed by atoms with van der Waals surface area (Å²) in [5.41, 5.74) is 3.60. The number of piperazine rings is 1. The summed E-state index contributed by atoms with van der Waals surface area (Å²) in [6, 6.07) is 17.2. The number of unbranched alkanes of at least 4 members (excludes halogenated alkanes) is 1. The topological polar surface area (TPSA) is 40.0 Å². The van der Waals surface area contributed by atoms with Crippen LogP contribution in [0.15, 0.2) is 58.5 Å². The maximum Gasteiger partial charge on any atom is 0.157 e. The quantitative estimate of drug-likeness (QED) is 0.172. The third-order valence-corrected chi connectivity index (χ3v) is 8.20. The van der Waals surface area contributed by atoms with Crippen molar-refractivity contribution in [2.45, 2.75) is 71.4 Å². The van der Waals surface area contributed by atoms with E-state index < -0.39 is 0 Å². The van der Waals surface area contributed by atoms with Crippen LogP contribution in [-0.4, -0.2) is 49.2 Å². The highest BCUT2D eigenvalue weighted by Gasteiger charge is 2.38. The van der Waals surface area contributed by atoms with Crippen LogP contribution in [0.3, 0.4) is 0 Å². The number of nitrogens with zero attached hydrogens (tertiary/aromatic N) is 3. The van der Waals surface area contributed by atoms with Crippen LogP contribution in [-0.2, 0) is 0 Å². The zero-order chi connectivity index (χ0) is 26.6. The van der Waals surface area contributed by atoms with E-state index in [0.717, 1.165) is 59.4 Å². The molecule has 38 heavy (non-hydrogen) atoms. The van der Waals surface area contributed by atoms with Gasteiger partial charge in [-0.25, -0.2) is 4.39 Å². The van der Waals surface area contributed by atoms with E-state index in [9.17, 15) is 0 Å². The molecule has 0 amide bonds. The van der Waals surface area contributed by atoms with Gasteiger partial charge in [0, 0.05) is 42.8 Å². The van der Waals surface area contributed by atoms with Crippen LogP contribution in [0.5, 0.6) is 0 Å². The lowest BCUT2D eigenvalue weighted by molar-refractivity contribution is 0.128. The van der Waals surface area contributed by atoms with Crippen molar-refractivity contribution in [1.82, 2.24) is 10.2 Å². The normalized spacial score (nSPS) is 19.9. The van der Waals surface area contributed by atoms with E-state index in [1.807, 2.05) is 24.3 Å². The molecule has 1 N–H and O–H groups in total. The first-order valence-electron chi connectivity index (χ1n) is 14.3. The molecule has 6 rings (SSSR count). The van der Waals surface area contributed by atoms with Gasteiger partial charge in [0.2, 0.25) is 0 Å². The van der Waals surface area contributed by atoms with Crippen molar-refractivity contribution in [3.63, 3.8) is 0 Å². The number of benzene rings is 3. The number of aryl methyl sites for hydroxylation is 1. The Morgan fingerprint density at radius 2 is 1.82 bits per heavy atom. The molecule has 0 radical (unpaired) electrons. The number of hydrogen-bond donors (Lipinski definition) is 1. The van der Waals surface area contributed by atoms with Gasteiger partial charge in [-0.05, 0) is 66.8 Å². The summed E-state index contributed by atoms with van der Waals surface area (Å²) in [5, 5.41) is 5.74. The van der Waals surface area contributed by atoms with Crippen LogP contribution >= 0.6 is 0 Å². The average Bonchev–Trinajstić information content (AvgIpc) is 2.91. The maximum atomic E-state index is 16.3. The Morgan fingerprint density at radius 3 is 2.55 bits per heavy atom. The lowest BCUT2D eigenvalue weighted by Gasteiger charge is -2.49. The van der Waals surface area contributed by atoms with Crippen molar-refractivity contribution in [3.05, 3.63) is 65.5 Å². The molecule has 3 unspecified atom stereocenters. The molecule has 3 aliphatic heterocycles. The molecule has 3 aromatic rings. The highest BCUT2D eigenvalue weighted by Crippen LogP contribution is 2.38. The van der Waals surface area contributed by atoms with Crippen molar-refractivity contribution in [2.24, 2.45) is 15.9 Å². The van der Waals surface area contributed by atoms with Gasteiger partial charge in [0.25, 0.3) is 0 Å². The molecule has 3 atom stereocenters. The third kappa shape index (κ3) is 5.54. The number of rotatable bonds is 10. The molecule has 5 heteroatoms. The molecular weight excluding hydrogens is 471 g/mol. The molecule has 3 aromatic carbocycles. The smallest absolute Gasteiger partial charge is 0.157 e. The van der Waals surface area contributed by atoms with Gasteiger partial charge in [-0.1, -0.05) is 75.6 Å². The summed E-state index contributed by atoms with van der Waals surface area (Å²) in [5.74, 6) is 1.26. The van der Waals surface area contributed by atoms with Crippen LogP contribution < -0.4 is 5.32 Å². The minimum Gasteiger partial charge on any atom is -0.353 e. The molecule has 0 spiro atoms. The first-order valence-corrected chi connectivity index (χ1v) is 14.3. The largest absolute Gasteiger partial charge is 0.353 e. The Balaban J connectivity index is 1.49. The molecule has 3 fully saturated rings. The molecule has 4 nitrogen and oxygen atoms in total. The Kier molecular flexibility index (Phi) is 8.23. The van der Waals surface area contributed by atoms with Crippen LogP contribution in [0, 0.1) is 18.7 Å². The van der Waals surface area contributed by atoms with E-state index in [-0.39, 0.29) is 5.82 Å². The number of amidine groups is 1. The summed E-state index contributed by atoms with van der Waals surface area (Å²) >= 11 is 0. The standard InChI is InChI=1S/C33H41FN4/c1-5-6-10-22(2)11-9-16-36-33(38-20-25-19-26(21-38)37-25)29-15-14-28(31(34)32(29)35-4)30-18-23(3)17-24-12-7-8-13-27(24)30/h7-8,12-15,17-18,22,25-26,37H,4-6,9-11,16,19-21H2,1-3H3/b36-33+. The Bertz CT molecular complexity index is 1310. The predicted molar refractivity (Wildman–Crippen MR) is 160 cm³/mol. The van der Waals surface area contributed by atoms with Crippen molar-refractivity contribution < 1.29 is 4.39 Å². The van der Waals surface area contributed by atoms with Crippen LogP contribution in [0.25, 0.3) is 21.9 Å². The summed E-state index contributed by atoms with van der Waals surface area (Å²) in [4.78, 5) is 11.7. The van der Waals surface area contributed by atoms with E-state index in [1.54, 1.807) is 0 Å². The maximum absolute atomic E-state index is 16.3. The van der Waals surface area contributed by atoms with Crippen molar-refractivity contribution in [2.75, 3.05) is 19.6 Å². The first-order chi connectivity index (χ1) is 18.5. The minimum absolute atomic E-state index is 0.301. The first kappa shape index (κ1) is 26.6. The monoisotopic (exact) mass is 512 g/mol. The molecule has 3 aliphatic rings. The van der Waals surface area contributed by atoms with Crippen LogP contribution in [0.1, 0.15) is 63.5 Å². The third-order valence-electron chi connectivity index (χ3n) is 8.20. The Labute approximate surface area is 227 Å². The highest BCUT2D eigenvalue weighted by atomic mass is 19.1. The SMILES string of the molecule is C=Nc1c(/C(=N\CCCC(C)CCCC)N2CC3CC(C2)N3)ccc(-c2cc(C)cc3ccccc23)c1F.